The van der Waals surface area contributed by atoms with E-state index in [1.54, 1.807) is 13.0 Å². The van der Waals surface area contributed by atoms with Crippen molar-refractivity contribution in [3.63, 3.8) is 0 Å². The summed E-state index contributed by atoms with van der Waals surface area (Å²) in [5.41, 5.74) is 1.85. The van der Waals surface area contributed by atoms with Gasteiger partial charge in [-0.3, -0.25) is 4.79 Å². The molecule has 0 saturated heterocycles. The van der Waals surface area contributed by atoms with Gasteiger partial charge >= 0.3 is 5.97 Å². The van der Waals surface area contributed by atoms with Gasteiger partial charge in [0.1, 0.15) is 12.4 Å². The average molecular weight is 478 g/mol. The van der Waals surface area contributed by atoms with E-state index in [1.165, 1.54) is 24.3 Å². The molecule has 174 valence electrons. The van der Waals surface area contributed by atoms with E-state index in [-0.39, 0.29) is 35.0 Å². The van der Waals surface area contributed by atoms with Crippen LogP contribution >= 0.6 is 11.8 Å². The molecule has 0 aliphatic carbocycles. The first-order valence-electron chi connectivity index (χ1n) is 10.5. The Balaban J connectivity index is 1.86. The number of hydrogen-bond donors (Lipinski definition) is 2. The van der Waals surface area contributed by atoms with E-state index >= 15 is 0 Å². The predicted molar refractivity (Wildman–Crippen MR) is 130 cm³/mol. The molecule has 8 heteroatoms. The third-order valence-corrected chi connectivity index (χ3v) is 6.11. The van der Waals surface area contributed by atoms with E-state index < -0.39 is 17.7 Å². The zero-order valence-corrected chi connectivity index (χ0v) is 19.5. The van der Waals surface area contributed by atoms with Gasteiger partial charge in [-0.15, -0.1) is 0 Å². The summed E-state index contributed by atoms with van der Waals surface area (Å²) in [6.45, 7) is 5.55. The first-order chi connectivity index (χ1) is 16.5. The molecule has 0 unspecified atom stereocenters. The van der Waals surface area contributed by atoms with Crippen molar-refractivity contribution in [1.29, 1.82) is 5.26 Å². The number of nitrogens with one attached hydrogen (secondary N) is 2. The van der Waals surface area contributed by atoms with E-state index in [4.69, 9.17) is 4.74 Å². The van der Waals surface area contributed by atoms with Crippen molar-refractivity contribution >= 4 is 23.6 Å². The number of allylic oxidation sites excluding steroid dienone is 2. The minimum atomic E-state index is -0.973. The minimum Gasteiger partial charge on any atom is -0.458 e. The number of dihydropyridines is 1. The average Bonchev–Trinajstić information content (AvgIpc) is 2.85. The summed E-state index contributed by atoms with van der Waals surface area (Å²) in [6, 6.07) is 17.6. The molecule has 2 N–H and O–H groups in total. The van der Waals surface area contributed by atoms with Crippen LogP contribution in [0.3, 0.4) is 0 Å². The predicted octanol–water partition coefficient (Wildman–Crippen LogP) is 4.30. The molecule has 0 spiro atoms. The SMILES string of the molecule is C=CCOC(=O)C1=C(C)NC(SCC(=O)NCc2ccccc2)=C(C#N)[C@@H]1c1ccccc1F. The monoisotopic (exact) mass is 477 g/mol. The minimum absolute atomic E-state index is 0.0194. The molecule has 1 aliphatic heterocycles. The van der Waals surface area contributed by atoms with Gasteiger partial charge in [0.2, 0.25) is 5.91 Å². The number of halogens is 1. The third-order valence-electron chi connectivity index (χ3n) is 5.10. The fourth-order valence-corrected chi connectivity index (χ4v) is 4.44. The quantitative estimate of drug-likeness (QED) is 0.413. The maximum atomic E-state index is 14.8. The van der Waals surface area contributed by atoms with Gasteiger partial charge in [-0.1, -0.05) is 72.9 Å². The number of ether oxygens (including phenoxy) is 1. The number of carbonyl (C=O) groups is 2. The number of esters is 1. The van der Waals surface area contributed by atoms with E-state index in [1.807, 2.05) is 30.3 Å². The zero-order valence-electron chi connectivity index (χ0n) is 18.6. The Kier molecular flexibility index (Phi) is 8.66. The summed E-state index contributed by atoms with van der Waals surface area (Å²) < 4.78 is 20.0. The molecule has 2 aromatic rings. The van der Waals surface area contributed by atoms with Gasteiger partial charge in [-0.05, 0) is 18.6 Å². The standard InChI is InChI=1S/C26H24FN3O3S/c1-3-13-33-26(32)23-17(2)30-25(20(14-28)24(23)19-11-7-8-12-21(19)27)34-16-22(31)29-15-18-9-5-4-6-10-18/h3-12,24,30H,1,13,15-16H2,2H3,(H,29,31)/t24-/m0/s1. The summed E-state index contributed by atoms with van der Waals surface area (Å²) in [7, 11) is 0. The molecule has 6 nitrogen and oxygen atoms in total. The fraction of sp³-hybridized carbons (Fsp3) is 0.192. The number of benzene rings is 2. The van der Waals surface area contributed by atoms with Crippen molar-refractivity contribution in [2.75, 3.05) is 12.4 Å². The molecule has 0 bridgehead atoms. The van der Waals surface area contributed by atoms with Crippen LogP contribution in [-0.2, 0) is 20.9 Å². The van der Waals surface area contributed by atoms with Crippen LogP contribution in [0.2, 0.25) is 0 Å². The summed E-state index contributed by atoms with van der Waals surface area (Å²) in [6.07, 6.45) is 1.43. The highest BCUT2D eigenvalue weighted by atomic mass is 32.2. The van der Waals surface area contributed by atoms with Crippen molar-refractivity contribution in [3.8, 4) is 6.07 Å². The van der Waals surface area contributed by atoms with Crippen LogP contribution < -0.4 is 10.6 Å². The summed E-state index contributed by atoms with van der Waals surface area (Å²) in [5.74, 6) is -2.38. The third kappa shape index (κ3) is 5.94. The van der Waals surface area contributed by atoms with E-state index in [0.29, 0.717) is 17.3 Å². The Labute approximate surface area is 202 Å². The lowest BCUT2D eigenvalue weighted by molar-refractivity contribution is -0.138. The van der Waals surface area contributed by atoms with Gasteiger partial charge in [0.05, 0.1) is 33.9 Å². The van der Waals surface area contributed by atoms with Gasteiger partial charge < -0.3 is 15.4 Å². The number of rotatable bonds is 9. The zero-order chi connectivity index (χ0) is 24.5. The van der Waals surface area contributed by atoms with Crippen LogP contribution in [0, 0.1) is 17.1 Å². The van der Waals surface area contributed by atoms with Crippen molar-refractivity contribution < 1.29 is 18.7 Å². The Hall–Kier alpha value is -3.83. The van der Waals surface area contributed by atoms with Crippen LogP contribution in [0.25, 0.3) is 0 Å². The summed E-state index contributed by atoms with van der Waals surface area (Å²) in [5, 5.41) is 16.3. The molecule has 0 fully saturated rings. The van der Waals surface area contributed by atoms with Gasteiger partial charge in [0, 0.05) is 17.8 Å². The number of nitriles is 1. The highest BCUT2D eigenvalue weighted by Crippen LogP contribution is 2.41. The summed E-state index contributed by atoms with van der Waals surface area (Å²) in [4.78, 5) is 25.2. The number of thioether (sulfide) groups is 1. The fourth-order valence-electron chi connectivity index (χ4n) is 3.51. The molecule has 1 aliphatic rings. The lowest BCUT2D eigenvalue weighted by Gasteiger charge is -2.29. The molecule has 0 saturated carbocycles. The van der Waals surface area contributed by atoms with Crippen molar-refractivity contribution in [2.24, 2.45) is 0 Å². The molecule has 34 heavy (non-hydrogen) atoms. The van der Waals surface area contributed by atoms with Gasteiger partial charge in [-0.2, -0.15) is 5.26 Å². The topological polar surface area (TPSA) is 91.2 Å². The van der Waals surface area contributed by atoms with Gasteiger partial charge in [0.25, 0.3) is 0 Å². The highest BCUT2D eigenvalue weighted by Gasteiger charge is 2.36. The first-order valence-corrected chi connectivity index (χ1v) is 11.5. The van der Waals surface area contributed by atoms with Crippen molar-refractivity contribution in [2.45, 2.75) is 19.4 Å². The molecule has 1 heterocycles. The van der Waals surface area contributed by atoms with Crippen molar-refractivity contribution in [1.82, 2.24) is 10.6 Å². The van der Waals surface area contributed by atoms with Crippen LogP contribution in [0.1, 0.15) is 24.0 Å². The number of hydrogen-bond acceptors (Lipinski definition) is 6. The van der Waals surface area contributed by atoms with E-state index in [9.17, 15) is 19.2 Å². The Morgan fingerprint density at radius 2 is 1.94 bits per heavy atom. The van der Waals surface area contributed by atoms with Crippen LogP contribution in [0.15, 0.2) is 89.1 Å². The van der Waals surface area contributed by atoms with Crippen LogP contribution in [-0.4, -0.2) is 24.2 Å². The second-order valence-electron chi connectivity index (χ2n) is 7.41. The first kappa shape index (κ1) is 24.8. The Morgan fingerprint density at radius 3 is 2.62 bits per heavy atom. The van der Waals surface area contributed by atoms with Gasteiger partial charge in [0.15, 0.2) is 0 Å². The van der Waals surface area contributed by atoms with Crippen molar-refractivity contribution in [3.05, 3.63) is 106 Å². The number of amides is 1. The Bertz CT molecular complexity index is 1190. The second-order valence-corrected chi connectivity index (χ2v) is 8.40. The Morgan fingerprint density at radius 1 is 1.24 bits per heavy atom. The molecule has 3 rings (SSSR count). The smallest absolute Gasteiger partial charge is 0.337 e. The largest absolute Gasteiger partial charge is 0.458 e. The normalized spacial score (nSPS) is 15.3. The van der Waals surface area contributed by atoms with Crippen LogP contribution in [0.4, 0.5) is 4.39 Å². The lowest BCUT2D eigenvalue weighted by Crippen LogP contribution is -2.30. The summed E-state index contributed by atoms with van der Waals surface area (Å²) >= 11 is 1.12. The van der Waals surface area contributed by atoms with Gasteiger partial charge in [-0.25, -0.2) is 9.18 Å². The molecule has 1 atom stereocenters. The second kappa shape index (κ2) is 11.9. The molecular weight excluding hydrogens is 453 g/mol. The highest BCUT2D eigenvalue weighted by molar-refractivity contribution is 8.03. The lowest BCUT2D eigenvalue weighted by atomic mass is 9.82. The molecule has 2 aromatic carbocycles. The maximum Gasteiger partial charge on any atom is 0.337 e. The molecule has 1 amide bonds. The maximum absolute atomic E-state index is 14.8. The van der Waals surface area contributed by atoms with E-state index in [2.05, 4.69) is 23.3 Å². The number of carbonyl (C=O) groups excluding carboxylic acids is 2. The van der Waals surface area contributed by atoms with E-state index in [0.717, 1.165) is 17.3 Å². The van der Waals surface area contributed by atoms with Crippen LogP contribution in [0.5, 0.6) is 0 Å². The molecule has 0 radical (unpaired) electrons. The molecular formula is C26H24FN3O3S. The molecule has 0 aromatic heterocycles. The number of nitrogens with zero attached hydrogens (tertiary/aromatic N) is 1.